The van der Waals surface area contributed by atoms with Gasteiger partial charge < -0.3 is 9.73 Å². The molecule has 2 aromatic heterocycles. The molecule has 0 atom stereocenters. The molecule has 33 heavy (non-hydrogen) atoms. The number of nitrogens with zero attached hydrogens (tertiary/aromatic N) is 2. The summed E-state index contributed by atoms with van der Waals surface area (Å²) in [6, 6.07) is 20.5. The van der Waals surface area contributed by atoms with E-state index in [0.29, 0.717) is 22.2 Å². The quantitative estimate of drug-likeness (QED) is 0.285. The minimum absolute atomic E-state index is 0.0177. The van der Waals surface area contributed by atoms with E-state index in [4.69, 9.17) is 4.42 Å². The van der Waals surface area contributed by atoms with Crippen LogP contribution in [0.1, 0.15) is 5.56 Å². The van der Waals surface area contributed by atoms with E-state index < -0.39 is 11.4 Å². The number of furan rings is 1. The van der Waals surface area contributed by atoms with E-state index in [2.05, 4.69) is 10.3 Å². The van der Waals surface area contributed by atoms with Gasteiger partial charge in [-0.1, -0.05) is 48.2 Å². The van der Waals surface area contributed by atoms with E-state index in [0.717, 1.165) is 21.9 Å². The maximum absolute atomic E-state index is 14.7. The summed E-state index contributed by atoms with van der Waals surface area (Å²) in [5.41, 5.74) is 2.13. The lowest BCUT2D eigenvalue weighted by molar-refractivity contribution is -0.113. The summed E-state index contributed by atoms with van der Waals surface area (Å²) >= 11 is 1.05. The summed E-state index contributed by atoms with van der Waals surface area (Å²) < 4.78 is 21.6. The van der Waals surface area contributed by atoms with Crippen molar-refractivity contribution in [3.63, 3.8) is 0 Å². The van der Waals surface area contributed by atoms with Gasteiger partial charge in [-0.15, -0.1) is 0 Å². The average Bonchev–Trinajstić information content (AvgIpc) is 3.18. The molecule has 5 rings (SSSR count). The highest BCUT2D eigenvalue weighted by Gasteiger charge is 2.21. The number of para-hydroxylation sites is 2. The minimum atomic E-state index is -0.581. The van der Waals surface area contributed by atoms with Crippen molar-refractivity contribution in [2.45, 2.75) is 12.1 Å². The van der Waals surface area contributed by atoms with Crippen LogP contribution in [0.2, 0.25) is 0 Å². The molecule has 0 saturated heterocycles. The number of carbonyl (C=O) groups excluding carboxylic acids is 1. The van der Waals surface area contributed by atoms with Crippen LogP contribution in [0.5, 0.6) is 0 Å². The number of hydrogen-bond donors (Lipinski definition) is 1. The monoisotopic (exact) mass is 459 g/mol. The Hall–Kier alpha value is -3.91. The van der Waals surface area contributed by atoms with E-state index in [1.54, 1.807) is 36.4 Å². The predicted molar refractivity (Wildman–Crippen MR) is 128 cm³/mol. The number of fused-ring (bicyclic) bond motifs is 3. The van der Waals surface area contributed by atoms with Crippen LogP contribution in [0, 0.1) is 12.7 Å². The molecule has 0 saturated carbocycles. The predicted octanol–water partition coefficient (Wildman–Crippen LogP) is 5.31. The Morgan fingerprint density at radius 2 is 1.88 bits per heavy atom. The molecular weight excluding hydrogens is 441 g/mol. The van der Waals surface area contributed by atoms with Crippen molar-refractivity contribution in [2.75, 3.05) is 11.1 Å². The molecule has 6 nitrogen and oxygen atoms in total. The average molecular weight is 460 g/mol. The standard InChI is InChI=1S/C25H18FN3O3S/c1-15-7-6-8-16(13-15)27-21(30)14-33-25-28-22-17-9-2-5-12-20(17)32-23(22)24(31)29(25)19-11-4-3-10-18(19)26/h2-13H,14H2,1H3,(H,27,30). The molecule has 0 aliphatic carbocycles. The first-order chi connectivity index (χ1) is 16.0. The van der Waals surface area contributed by atoms with Gasteiger partial charge in [0.2, 0.25) is 11.5 Å². The van der Waals surface area contributed by atoms with Gasteiger partial charge in [0.1, 0.15) is 16.9 Å². The molecule has 0 radical (unpaired) electrons. The van der Waals surface area contributed by atoms with Crippen molar-refractivity contribution < 1.29 is 13.6 Å². The lowest BCUT2D eigenvalue weighted by Crippen LogP contribution is -2.23. The van der Waals surface area contributed by atoms with Gasteiger partial charge in [-0.25, -0.2) is 13.9 Å². The summed E-state index contributed by atoms with van der Waals surface area (Å²) in [7, 11) is 0. The van der Waals surface area contributed by atoms with Crippen molar-refractivity contribution in [3.05, 3.63) is 94.5 Å². The topological polar surface area (TPSA) is 77.1 Å². The highest BCUT2D eigenvalue weighted by atomic mass is 32.2. The number of carbonyl (C=O) groups is 1. The van der Waals surface area contributed by atoms with Crippen LogP contribution in [0.25, 0.3) is 27.8 Å². The van der Waals surface area contributed by atoms with Gasteiger partial charge in [0.05, 0.1) is 11.4 Å². The summed E-state index contributed by atoms with van der Waals surface area (Å²) in [4.78, 5) is 30.6. The van der Waals surface area contributed by atoms with Gasteiger partial charge in [0.15, 0.2) is 5.16 Å². The fourth-order valence-corrected chi connectivity index (χ4v) is 4.41. The highest BCUT2D eigenvalue weighted by Crippen LogP contribution is 2.29. The molecule has 2 heterocycles. The molecule has 1 N–H and O–H groups in total. The SMILES string of the molecule is Cc1cccc(NC(=O)CSc2nc3c(oc4ccccc43)c(=O)n2-c2ccccc2F)c1. The molecule has 0 fully saturated rings. The Kier molecular flexibility index (Phi) is 5.43. The largest absolute Gasteiger partial charge is 0.448 e. The Labute approximate surface area is 192 Å². The fraction of sp³-hybridized carbons (Fsp3) is 0.0800. The summed E-state index contributed by atoms with van der Waals surface area (Å²) in [6.45, 7) is 1.94. The second-order valence-corrected chi connectivity index (χ2v) is 8.41. The third-order valence-corrected chi connectivity index (χ3v) is 6.03. The third kappa shape index (κ3) is 4.01. The molecule has 5 aromatic rings. The lowest BCUT2D eigenvalue weighted by Gasteiger charge is -2.12. The van der Waals surface area contributed by atoms with E-state index in [1.807, 2.05) is 31.2 Å². The van der Waals surface area contributed by atoms with E-state index >= 15 is 0 Å². The fourth-order valence-electron chi connectivity index (χ4n) is 3.61. The Morgan fingerprint density at radius 1 is 1.09 bits per heavy atom. The maximum Gasteiger partial charge on any atom is 0.302 e. The molecular formula is C25H18FN3O3S. The second-order valence-electron chi connectivity index (χ2n) is 7.47. The first kappa shape index (κ1) is 21.0. The number of benzene rings is 3. The number of hydrogen-bond acceptors (Lipinski definition) is 5. The maximum atomic E-state index is 14.7. The zero-order valence-corrected chi connectivity index (χ0v) is 18.4. The number of halogens is 1. The number of aryl methyl sites for hydroxylation is 1. The van der Waals surface area contributed by atoms with Crippen LogP contribution < -0.4 is 10.9 Å². The molecule has 8 heteroatoms. The number of thioether (sulfide) groups is 1. The second kappa shape index (κ2) is 8.55. The van der Waals surface area contributed by atoms with Gasteiger partial charge >= 0.3 is 5.56 Å². The minimum Gasteiger partial charge on any atom is -0.448 e. The third-order valence-electron chi connectivity index (χ3n) is 5.09. The van der Waals surface area contributed by atoms with Crippen LogP contribution in [0.3, 0.4) is 0 Å². The summed E-state index contributed by atoms with van der Waals surface area (Å²) in [5.74, 6) is -0.865. The summed E-state index contributed by atoms with van der Waals surface area (Å²) in [6.07, 6.45) is 0. The number of nitrogens with one attached hydrogen (secondary N) is 1. The van der Waals surface area contributed by atoms with Crippen molar-refractivity contribution in [1.82, 2.24) is 9.55 Å². The molecule has 0 aliphatic rings. The van der Waals surface area contributed by atoms with E-state index in [1.165, 1.54) is 12.1 Å². The zero-order valence-electron chi connectivity index (χ0n) is 17.5. The molecule has 0 spiro atoms. The van der Waals surface area contributed by atoms with Crippen molar-refractivity contribution in [3.8, 4) is 5.69 Å². The van der Waals surface area contributed by atoms with Gasteiger partial charge in [-0.2, -0.15) is 0 Å². The molecule has 0 unspecified atom stereocenters. The first-order valence-electron chi connectivity index (χ1n) is 10.2. The first-order valence-corrected chi connectivity index (χ1v) is 11.2. The number of anilines is 1. The van der Waals surface area contributed by atoms with Gasteiger partial charge in [-0.3, -0.25) is 9.59 Å². The molecule has 1 amide bonds. The smallest absolute Gasteiger partial charge is 0.302 e. The lowest BCUT2D eigenvalue weighted by atomic mass is 10.2. The molecule has 0 bridgehead atoms. The molecule has 3 aromatic carbocycles. The van der Waals surface area contributed by atoms with Gasteiger partial charge in [0.25, 0.3) is 0 Å². The van der Waals surface area contributed by atoms with Gasteiger partial charge in [0, 0.05) is 11.1 Å². The van der Waals surface area contributed by atoms with Crippen LogP contribution in [0.4, 0.5) is 10.1 Å². The van der Waals surface area contributed by atoms with Crippen molar-refractivity contribution >= 4 is 45.4 Å². The normalized spacial score (nSPS) is 11.2. The number of amides is 1. The van der Waals surface area contributed by atoms with Gasteiger partial charge in [-0.05, 0) is 48.9 Å². The van der Waals surface area contributed by atoms with Crippen molar-refractivity contribution in [2.24, 2.45) is 0 Å². The van der Waals surface area contributed by atoms with E-state index in [9.17, 15) is 14.0 Å². The Bertz CT molecular complexity index is 1570. The molecule has 0 aliphatic heterocycles. The summed E-state index contributed by atoms with van der Waals surface area (Å²) in [5, 5.41) is 3.71. The van der Waals surface area contributed by atoms with Crippen LogP contribution in [-0.2, 0) is 4.79 Å². The van der Waals surface area contributed by atoms with E-state index in [-0.39, 0.29) is 28.1 Å². The number of rotatable bonds is 5. The van der Waals surface area contributed by atoms with Crippen molar-refractivity contribution in [1.29, 1.82) is 0 Å². The van der Waals surface area contributed by atoms with Crippen LogP contribution in [0.15, 0.2) is 87.2 Å². The zero-order chi connectivity index (χ0) is 22.9. The molecule has 164 valence electrons. The highest BCUT2D eigenvalue weighted by molar-refractivity contribution is 7.99. The number of aromatic nitrogens is 2. The Balaban J connectivity index is 1.58. The van der Waals surface area contributed by atoms with Crippen LogP contribution in [-0.4, -0.2) is 21.2 Å². The van der Waals surface area contributed by atoms with Crippen LogP contribution >= 0.6 is 11.8 Å². The Morgan fingerprint density at radius 3 is 2.70 bits per heavy atom.